The topological polar surface area (TPSA) is 148 Å². The monoisotopic (exact) mass is 599 g/mol. The number of thiophene rings is 1. The van der Waals surface area contributed by atoms with E-state index in [0.29, 0.717) is 20.2 Å². The van der Waals surface area contributed by atoms with E-state index >= 15 is 4.39 Å². The Bertz CT molecular complexity index is 1850. The molecule has 2 heterocycles. The summed E-state index contributed by atoms with van der Waals surface area (Å²) in [5.74, 6) is -5.42. The zero-order chi connectivity index (χ0) is 29.4. The lowest BCUT2D eigenvalue weighted by Gasteiger charge is -2.25. The molecule has 0 amide bonds. The highest BCUT2D eigenvalue weighted by atomic mass is 32.2. The first kappa shape index (κ1) is 28.8. The Morgan fingerprint density at radius 1 is 1.12 bits per heavy atom. The molecule has 2 aromatic heterocycles. The summed E-state index contributed by atoms with van der Waals surface area (Å²) in [6, 6.07) is 4.51. The van der Waals surface area contributed by atoms with Crippen molar-refractivity contribution < 1.29 is 41.0 Å². The minimum absolute atomic E-state index is 0.0662. The van der Waals surface area contributed by atoms with E-state index in [-0.39, 0.29) is 35.6 Å². The zero-order valence-electron chi connectivity index (χ0n) is 20.7. The fourth-order valence-electron chi connectivity index (χ4n) is 3.88. The summed E-state index contributed by atoms with van der Waals surface area (Å²) < 4.78 is 80.8. The number of aromatic nitrogens is 2. The SMILES string of the molecule is COCCOc1ccc(F)c(F)c1CN(c1ccc(F)c(-n2c(=O)[nH]c3csc(C(=O)O)c3c2=O)c1)S(C)(=O)=O. The Hall–Kier alpha value is -4.15. The molecule has 0 unspecified atom stereocenters. The van der Waals surface area contributed by atoms with Crippen LogP contribution in [0.15, 0.2) is 45.3 Å². The number of hydrogen-bond donors (Lipinski definition) is 2. The zero-order valence-corrected chi connectivity index (χ0v) is 22.4. The van der Waals surface area contributed by atoms with Crippen molar-refractivity contribution in [1.82, 2.24) is 9.55 Å². The number of aromatic amines is 1. The Labute approximate surface area is 227 Å². The Kier molecular flexibility index (Phi) is 8.04. The van der Waals surface area contributed by atoms with Crippen LogP contribution in [0.3, 0.4) is 0 Å². The third-order valence-corrected chi connectivity index (χ3v) is 7.81. The predicted molar refractivity (Wildman–Crippen MR) is 140 cm³/mol. The highest BCUT2D eigenvalue weighted by Crippen LogP contribution is 2.31. The Morgan fingerprint density at radius 2 is 1.82 bits per heavy atom. The van der Waals surface area contributed by atoms with Crippen molar-refractivity contribution >= 4 is 43.9 Å². The number of nitrogens with one attached hydrogen (secondary N) is 1. The Morgan fingerprint density at radius 3 is 2.48 bits per heavy atom. The van der Waals surface area contributed by atoms with E-state index in [1.54, 1.807) is 0 Å². The van der Waals surface area contributed by atoms with Gasteiger partial charge >= 0.3 is 11.7 Å². The number of benzene rings is 2. The summed E-state index contributed by atoms with van der Waals surface area (Å²) in [5, 5.41) is 10.3. The van der Waals surface area contributed by atoms with E-state index in [9.17, 15) is 36.7 Å². The van der Waals surface area contributed by atoms with Gasteiger partial charge in [-0.25, -0.2) is 35.7 Å². The summed E-state index contributed by atoms with van der Waals surface area (Å²) in [6.45, 7) is -0.784. The van der Waals surface area contributed by atoms with Gasteiger partial charge in [0.2, 0.25) is 10.0 Å². The maximum absolute atomic E-state index is 15.0. The van der Waals surface area contributed by atoms with Gasteiger partial charge in [0.1, 0.15) is 23.1 Å². The van der Waals surface area contributed by atoms with Gasteiger partial charge in [-0.1, -0.05) is 0 Å². The lowest BCUT2D eigenvalue weighted by Crippen LogP contribution is -2.35. The van der Waals surface area contributed by atoms with Crippen molar-refractivity contribution in [3.05, 3.63) is 84.4 Å². The number of nitrogens with zero attached hydrogens (tertiary/aromatic N) is 2. The quantitative estimate of drug-likeness (QED) is 0.265. The van der Waals surface area contributed by atoms with Crippen LogP contribution in [0, 0.1) is 17.5 Å². The number of fused-ring (bicyclic) bond motifs is 1. The van der Waals surface area contributed by atoms with Gasteiger partial charge in [-0.15, -0.1) is 11.3 Å². The number of carbonyl (C=O) groups is 1. The van der Waals surface area contributed by atoms with Crippen molar-refractivity contribution in [2.45, 2.75) is 6.54 Å². The van der Waals surface area contributed by atoms with Crippen LogP contribution in [0.4, 0.5) is 18.9 Å². The predicted octanol–water partition coefficient (Wildman–Crippen LogP) is 2.85. The van der Waals surface area contributed by atoms with Crippen LogP contribution in [0.2, 0.25) is 0 Å². The number of H-pyrrole nitrogens is 1. The van der Waals surface area contributed by atoms with Gasteiger partial charge in [0.05, 0.1) is 47.2 Å². The minimum Gasteiger partial charge on any atom is -0.491 e. The number of methoxy groups -OCH3 is 1. The van der Waals surface area contributed by atoms with Crippen molar-refractivity contribution in [3.8, 4) is 11.4 Å². The molecule has 0 saturated carbocycles. The van der Waals surface area contributed by atoms with Crippen LogP contribution in [0.25, 0.3) is 16.6 Å². The average molecular weight is 600 g/mol. The number of rotatable bonds is 10. The molecule has 0 fully saturated rings. The fraction of sp³-hybridized carbons (Fsp3) is 0.208. The molecule has 16 heteroatoms. The number of sulfonamides is 1. The molecular weight excluding hydrogens is 579 g/mol. The van der Waals surface area contributed by atoms with E-state index in [4.69, 9.17) is 9.47 Å². The van der Waals surface area contributed by atoms with Crippen molar-refractivity contribution in [2.75, 3.05) is 30.9 Å². The normalized spacial score (nSPS) is 11.6. The van der Waals surface area contributed by atoms with Crippen LogP contribution in [0.5, 0.6) is 5.75 Å². The smallest absolute Gasteiger partial charge is 0.346 e. The second-order valence-electron chi connectivity index (χ2n) is 8.31. The molecular formula is C24H20F3N3O8S2. The molecule has 0 saturated heterocycles. The van der Waals surface area contributed by atoms with Gasteiger partial charge < -0.3 is 19.6 Å². The van der Waals surface area contributed by atoms with Crippen molar-refractivity contribution in [3.63, 3.8) is 0 Å². The van der Waals surface area contributed by atoms with Crippen LogP contribution in [-0.4, -0.2) is 55.6 Å². The van der Waals surface area contributed by atoms with Gasteiger partial charge in [-0.3, -0.25) is 9.10 Å². The first-order valence-electron chi connectivity index (χ1n) is 11.2. The number of ether oxygens (including phenoxy) is 2. The molecule has 0 aliphatic carbocycles. The molecule has 2 N–H and O–H groups in total. The van der Waals surface area contributed by atoms with Crippen LogP contribution < -0.4 is 20.3 Å². The molecule has 4 aromatic rings. The van der Waals surface area contributed by atoms with Gasteiger partial charge in [0, 0.05) is 12.5 Å². The van der Waals surface area contributed by atoms with E-state index in [1.165, 1.54) is 12.5 Å². The first-order chi connectivity index (χ1) is 18.8. The van der Waals surface area contributed by atoms with Gasteiger partial charge in [0.25, 0.3) is 5.56 Å². The molecule has 0 spiro atoms. The minimum atomic E-state index is -4.27. The molecule has 2 aromatic carbocycles. The molecule has 0 bridgehead atoms. The van der Waals surface area contributed by atoms with Gasteiger partial charge in [0.15, 0.2) is 11.6 Å². The van der Waals surface area contributed by atoms with Crippen LogP contribution >= 0.6 is 11.3 Å². The maximum atomic E-state index is 15.0. The first-order valence-corrected chi connectivity index (χ1v) is 13.9. The number of anilines is 1. The third kappa shape index (κ3) is 5.45. The molecule has 0 atom stereocenters. The average Bonchev–Trinajstić information content (AvgIpc) is 3.31. The highest BCUT2D eigenvalue weighted by molar-refractivity contribution is 7.92. The number of aromatic carboxylic acids is 1. The molecule has 212 valence electrons. The molecule has 0 radical (unpaired) electrons. The van der Waals surface area contributed by atoms with Crippen LogP contribution in [-0.2, 0) is 21.3 Å². The lowest BCUT2D eigenvalue weighted by molar-refractivity contribution is 0.0704. The summed E-state index contributed by atoms with van der Waals surface area (Å²) in [4.78, 5) is 39.4. The second-order valence-corrected chi connectivity index (χ2v) is 11.1. The summed E-state index contributed by atoms with van der Waals surface area (Å²) in [6.07, 6.45) is 0.758. The molecule has 11 nitrogen and oxygen atoms in total. The summed E-state index contributed by atoms with van der Waals surface area (Å²) in [5.41, 5.74) is -3.87. The maximum Gasteiger partial charge on any atom is 0.346 e. The second kappa shape index (κ2) is 11.1. The summed E-state index contributed by atoms with van der Waals surface area (Å²) in [7, 11) is -2.88. The van der Waals surface area contributed by atoms with E-state index in [0.717, 1.165) is 36.6 Å². The molecule has 40 heavy (non-hydrogen) atoms. The summed E-state index contributed by atoms with van der Waals surface area (Å²) >= 11 is 0.675. The standard InChI is InChI=1S/C24H20F3N3O8S2/c1-37-7-8-38-18-6-5-15(26)20(27)13(18)10-29(40(2,35)36)12-3-4-14(25)17(9-12)30-22(31)19-16(28-24(30)34)11-39-21(19)23(32)33/h3-6,9,11H,7-8,10H2,1-2H3,(H,28,34)(H,32,33). The molecule has 0 aliphatic rings. The third-order valence-electron chi connectivity index (χ3n) is 5.71. The van der Waals surface area contributed by atoms with Gasteiger partial charge in [-0.2, -0.15) is 0 Å². The molecule has 4 rings (SSSR count). The highest BCUT2D eigenvalue weighted by Gasteiger charge is 2.26. The lowest BCUT2D eigenvalue weighted by atomic mass is 10.1. The van der Waals surface area contributed by atoms with Gasteiger partial charge in [-0.05, 0) is 30.3 Å². The van der Waals surface area contributed by atoms with E-state index < -0.39 is 67.4 Å². The van der Waals surface area contributed by atoms with Crippen molar-refractivity contribution in [1.29, 1.82) is 0 Å². The largest absolute Gasteiger partial charge is 0.491 e. The fourth-order valence-corrected chi connectivity index (χ4v) is 5.57. The number of carboxylic acids is 1. The van der Waals surface area contributed by atoms with E-state index in [2.05, 4.69) is 4.98 Å². The number of halogens is 3. The van der Waals surface area contributed by atoms with Crippen LogP contribution in [0.1, 0.15) is 15.2 Å². The Balaban J connectivity index is 1.88. The van der Waals surface area contributed by atoms with Crippen molar-refractivity contribution in [2.24, 2.45) is 0 Å². The number of carboxylic acid groups (broad SMARTS) is 1. The van der Waals surface area contributed by atoms with E-state index in [1.807, 2.05) is 0 Å². The number of hydrogen-bond acceptors (Lipinski definition) is 8. The molecule has 0 aliphatic heterocycles.